The number of halogens is 3. The molecule has 1 saturated heterocycles. The number of anilines is 2. The summed E-state index contributed by atoms with van der Waals surface area (Å²) in [6.07, 6.45) is 4.30. The van der Waals surface area contributed by atoms with Crippen LogP contribution in [0.5, 0.6) is 0 Å². The predicted octanol–water partition coefficient (Wildman–Crippen LogP) is 3.62. The Morgan fingerprint density at radius 2 is 1.68 bits per heavy atom. The molecular weight excluding hydrogens is 395 g/mol. The van der Waals surface area contributed by atoms with E-state index in [9.17, 15) is 26.4 Å². The van der Waals surface area contributed by atoms with Crippen molar-refractivity contribution in [1.29, 1.82) is 0 Å². The molecule has 1 aromatic heterocycles. The van der Waals surface area contributed by atoms with Crippen LogP contribution < -0.4 is 10.2 Å². The quantitative estimate of drug-likeness (QED) is 0.828. The minimum absolute atomic E-state index is 0.338. The third-order valence-corrected chi connectivity index (χ3v) is 5.87. The molecule has 1 N–H and O–H groups in total. The lowest BCUT2D eigenvalue weighted by Gasteiger charge is -2.28. The molecule has 0 unspecified atom stereocenters. The van der Waals surface area contributed by atoms with Crippen LogP contribution in [0.2, 0.25) is 0 Å². The van der Waals surface area contributed by atoms with Crippen LogP contribution in [0.1, 0.15) is 29.6 Å². The molecule has 1 aliphatic heterocycles. The normalized spacial score (nSPS) is 15.3. The molecule has 10 heteroatoms. The Hall–Kier alpha value is -2.62. The van der Waals surface area contributed by atoms with Crippen molar-refractivity contribution in [1.82, 2.24) is 4.98 Å². The van der Waals surface area contributed by atoms with Gasteiger partial charge in [-0.05, 0) is 55.7 Å². The zero-order chi connectivity index (χ0) is 20.4. The number of nitrogens with one attached hydrogen (secondary N) is 1. The molecule has 0 saturated carbocycles. The summed E-state index contributed by atoms with van der Waals surface area (Å²) in [5.41, 5.74) is -4.89. The topological polar surface area (TPSA) is 79.4 Å². The van der Waals surface area contributed by atoms with E-state index in [1.54, 1.807) is 24.3 Å². The number of piperidine rings is 1. The van der Waals surface area contributed by atoms with Gasteiger partial charge in [-0.2, -0.15) is 13.2 Å². The highest BCUT2D eigenvalue weighted by Crippen LogP contribution is 2.31. The van der Waals surface area contributed by atoms with Gasteiger partial charge >= 0.3 is 5.51 Å². The maximum absolute atomic E-state index is 12.8. The summed E-state index contributed by atoms with van der Waals surface area (Å²) in [5, 5.41) is 1.11. The summed E-state index contributed by atoms with van der Waals surface area (Å²) < 4.78 is 61.9. The van der Waals surface area contributed by atoms with Crippen LogP contribution in [0.4, 0.5) is 24.5 Å². The van der Waals surface area contributed by atoms with E-state index in [1.807, 2.05) is 0 Å². The van der Waals surface area contributed by atoms with Crippen LogP contribution >= 0.6 is 0 Å². The van der Waals surface area contributed by atoms with Gasteiger partial charge in [0.2, 0.25) is 0 Å². The lowest BCUT2D eigenvalue weighted by atomic mass is 10.1. The SMILES string of the molecule is O=C(Nc1ccc(N2CCCCC2)cc1)c1cccnc1S(=O)(=O)C(F)(F)F. The van der Waals surface area contributed by atoms with E-state index in [2.05, 4.69) is 15.2 Å². The molecule has 3 rings (SSSR count). The van der Waals surface area contributed by atoms with Crippen molar-refractivity contribution >= 4 is 27.1 Å². The average Bonchev–Trinajstić information content (AvgIpc) is 2.68. The fourth-order valence-electron chi connectivity index (χ4n) is 2.99. The third-order valence-electron chi connectivity index (χ3n) is 4.42. The van der Waals surface area contributed by atoms with Crippen molar-refractivity contribution in [3.8, 4) is 0 Å². The number of aromatic nitrogens is 1. The second kappa shape index (κ2) is 7.78. The van der Waals surface area contributed by atoms with Crippen LogP contribution in [-0.2, 0) is 9.84 Å². The number of hydrogen-bond acceptors (Lipinski definition) is 5. The van der Waals surface area contributed by atoms with Crippen LogP contribution in [-0.4, -0.2) is 37.9 Å². The predicted molar refractivity (Wildman–Crippen MR) is 97.9 cm³/mol. The molecule has 0 atom stereocenters. The molecule has 0 aliphatic carbocycles. The third kappa shape index (κ3) is 4.11. The smallest absolute Gasteiger partial charge is 0.372 e. The molecule has 1 aromatic carbocycles. The number of alkyl halides is 3. The first kappa shape index (κ1) is 20.1. The largest absolute Gasteiger partial charge is 0.503 e. The zero-order valence-electron chi connectivity index (χ0n) is 14.7. The van der Waals surface area contributed by atoms with E-state index in [0.717, 1.165) is 43.9 Å². The summed E-state index contributed by atoms with van der Waals surface area (Å²) in [7, 11) is -5.74. The first-order valence-corrected chi connectivity index (χ1v) is 10.1. The van der Waals surface area contributed by atoms with Crippen molar-refractivity contribution in [2.24, 2.45) is 0 Å². The minimum atomic E-state index is -5.74. The van der Waals surface area contributed by atoms with Crippen molar-refractivity contribution in [3.05, 3.63) is 48.2 Å². The molecule has 0 spiro atoms. The fourth-order valence-corrected chi connectivity index (χ4v) is 3.86. The van der Waals surface area contributed by atoms with Crippen LogP contribution in [0, 0.1) is 0 Å². The van der Waals surface area contributed by atoms with Crippen molar-refractivity contribution < 1.29 is 26.4 Å². The molecule has 1 aliphatic rings. The Morgan fingerprint density at radius 3 is 2.29 bits per heavy atom. The van der Waals surface area contributed by atoms with Gasteiger partial charge in [0.15, 0.2) is 5.03 Å². The van der Waals surface area contributed by atoms with Gasteiger partial charge in [-0.3, -0.25) is 4.79 Å². The number of amides is 1. The maximum atomic E-state index is 12.8. The highest BCUT2D eigenvalue weighted by molar-refractivity contribution is 7.92. The molecule has 6 nitrogen and oxygen atoms in total. The monoisotopic (exact) mass is 413 g/mol. The van der Waals surface area contributed by atoms with E-state index >= 15 is 0 Å². The summed E-state index contributed by atoms with van der Waals surface area (Å²) >= 11 is 0. The van der Waals surface area contributed by atoms with Gasteiger partial charge in [0.25, 0.3) is 15.7 Å². The van der Waals surface area contributed by atoms with Crippen molar-refractivity contribution in [2.75, 3.05) is 23.3 Å². The van der Waals surface area contributed by atoms with E-state index < -0.39 is 31.8 Å². The van der Waals surface area contributed by atoms with E-state index in [-0.39, 0.29) is 0 Å². The molecule has 2 aromatic rings. The van der Waals surface area contributed by atoms with Gasteiger partial charge in [-0.1, -0.05) is 0 Å². The second-order valence-corrected chi connectivity index (χ2v) is 8.21. The lowest BCUT2D eigenvalue weighted by Crippen LogP contribution is -2.29. The van der Waals surface area contributed by atoms with Gasteiger partial charge < -0.3 is 10.2 Å². The van der Waals surface area contributed by atoms with E-state index in [4.69, 9.17) is 0 Å². The number of benzene rings is 1. The molecule has 1 amide bonds. The number of nitrogens with zero attached hydrogens (tertiary/aromatic N) is 2. The number of carbonyl (C=O) groups excluding carboxylic acids is 1. The second-order valence-electron chi connectivity index (χ2n) is 6.35. The van der Waals surface area contributed by atoms with Crippen LogP contribution in [0.3, 0.4) is 0 Å². The lowest BCUT2D eigenvalue weighted by molar-refractivity contribution is -0.0438. The number of sulfone groups is 1. The van der Waals surface area contributed by atoms with Gasteiger partial charge in [-0.15, -0.1) is 0 Å². The Bertz CT molecular complexity index is 954. The van der Waals surface area contributed by atoms with Crippen LogP contribution in [0.15, 0.2) is 47.6 Å². The first-order valence-electron chi connectivity index (χ1n) is 8.63. The molecule has 1 fully saturated rings. The highest BCUT2D eigenvalue weighted by Gasteiger charge is 2.49. The summed E-state index contributed by atoms with van der Waals surface area (Å²) in [6.45, 7) is 1.89. The Labute approximate surface area is 160 Å². The summed E-state index contributed by atoms with van der Waals surface area (Å²) in [5.74, 6) is -0.985. The van der Waals surface area contributed by atoms with Crippen molar-refractivity contribution in [2.45, 2.75) is 29.8 Å². The fraction of sp³-hybridized carbons (Fsp3) is 0.333. The number of carbonyl (C=O) groups is 1. The van der Waals surface area contributed by atoms with Gasteiger partial charge in [0.05, 0.1) is 5.56 Å². The Balaban J connectivity index is 1.81. The number of pyridine rings is 1. The standard InChI is InChI=1S/C18H18F3N3O3S/c19-18(20,21)28(26,27)17-15(5-4-10-22-17)16(25)23-13-6-8-14(9-7-13)24-11-2-1-3-12-24/h4-10H,1-3,11-12H2,(H,23,25). The van der Waals surface area contributed by atoms with Gasteiger partial charge in [0.1, 0.15) is 0 Å². The Kier molecular flexibility index (Phi) is 5.59. The van der Waals surface area contributed by atoms with Gasteiger partial charge in [-0.25, -0.2) is 13.4 Å². The van der Waals surface area contributed by atoms with Crippen LogP contribution in [0.25, 0.3) is 0 Å². The maximum Gasteiger partial charge on any atom is 0.503 e. The minimum Gasteiger partial charge on any atom is -0.372 e. The summed E-state index contributed by atoms with van der Waals surface area (Å²) in [6, 6.07) is 9.04. The van der Waals surface area contributed by atoms with Gasteiger partial charge in [0, 0.05) is 30.7 Å². The molecule has 28 heavy (non-hydrogen) atoms. The highest BCUT2D eigenvalue weighted by atomic mass is 32.2. The molecule has 0 radical (unpaired) electrons. The van der Waals surface area contributed by atoms with E-state index in [1.165, 1.54) is 12.5 Å². The molecule has 0 bridgehead atoms. The molecule has 2 heterocycles. The Morgan fingerprint density at radius 1 is 1.04 bits per heavy atom. The number of hydrogen-bond donors (Lipinski definition) is 1. The first-order chi connectivity index (χ1) is 13.2. The number of rotatable bonds is 4. The average molecular weight is 413 g/mol. The zero-order valence-corrected chi connectivity index (χ0v) is 15.6. The van der Waals surface area contributed by atoms with E-state index in [0.29, 0.717) is 5.69 Å². The molecule has 150 valence electrons. The summed E-state index contributed by atoms with van der Waals surface area (Å²) in [4.78, 5) is 17.9. The molecular formula is C18H18F3N3O3S. The van der Waals surface area contributed by atoms with Crippen molar-refractivity contribution in [3.63, 3.8) is 0 Å².